The minimum absolute atomic E-state index is 0.0912. The van der Waals surface area contributed by atoms with E-state index in [1.54, 1.807) is 0 Å². The van der Waals surface area contributed by atoms with Gasteiger partial charge < -0.3 is 15.2 Å². The van der Waals surface area contributed by atoms with Crippen LogP contribution in [0.15, 0.2) is 60.7 Å². The standard InChI is InChI=1S/C26H29N3O6/c1-16(2)22-23(30)28(24(31)27-22)19(13-17-9-5-3-6-10-17)15-21-20(14-18-11-7-4-8-12-18)29(25(32)33)26(34)35-21/h3-12,16,19-22H,13-15H2,1-2H3,(H,27,31)(H,32,33)/t19-,20?,21?,22-/m0/s1. The second kappa shape index (κ2) is 10.2. The van der Waals surface area contributed by atoms with Gasteiger partial charge in [-0.1, -0.05) is 74.5 Å². The van der Waals surface area contributed by atoms with Crippen molar-refractivity contribution in [3.8, 4) is 0 Å². The molecule has 0 spiro atoms. The Hall–Kier alpha value is -3.88. The molecule has 4 atom stereocenters. The molecule has 2 fully saturated rings. The van der Waals surface area contributed by atoms with Gasteiger partial charge in [-0.25, -0.2) is 19.3 Å². The quantitative estimate of drug-likeness (QED) is 0.558. The maximum atomic E-state index is 13.2. The molecule has 2 heterocycles. The SMILES string of the molecule is CC(C)[C@@H]1NC(=O)N([C@@H](Cc2ccccc2)CC2OC(=O)N(C(=O)O)C2Cc2ccccc2)C1=O. The van der Waals surface area contributed by atoms with Crippen molar-refractivity contribution in [1.29, 1.82) is 0 Å². The third kappa shape index (κ3) is 5.13. The molecule has 5 amide bonds. The average molecular weight is 480 g/mol. The zero-order chi connectivity index (χ0) is 25.1. The first-order valence-corrected chi connectivity index (χ1v) is 11.7. The number of ether oxygens (including phenoxy) is 1. The molecular formula is C26H29N3O6. The van der Waals surface area contributed by atoms with Crippen LogP contribution in [0, 0.1) is 5.92 Å². The molecule has 9 nitrogen and oxygen atoms in total. The fourth-order valence-electron chi connectivity index (χ4n) is 4.82. The van der Waals surface area contributed by atoms with Crippen molar-refractivity contribution in [3.63, 3.8) is 0 Å². The number of urea groups is 1. The molecule has 0 radical (unpaired) electrons. The fourth-order valence-corrected chi connectivity index (χ4v) is 4.82. The van der Waals surface area contributed by atoms with E-state index in [0.29, 0.717) is 11.3 Å². The number of cyclic esters (lactones) is 1. The topological polar surface area (TPSA) is 116 Å². The van der Waals surface area contributed by atoms with Crippen molar-refractivity contribution in [3.05, 3.63) is 71.8 Å². The van der Waals surface area contributed by atoms with Gasteiger partial charge in [0.1, 0.15) is 12.1 Å². The Balaban J connectivity index is 1.65. The number of rotatable bonds is 8. The van der Waals surface area contributed by atoms with Crippen LogP contribution in [0.1, 0.15) is 31.4 Å². The molecule has 0 saturated carbocycles. The molecule has 2 saturated heterocycles. The number of nitrogens with one attached hydrogen (secondary N) is 1. The highest BCUT2D eigenvalue weighted by molar-refractivity contribution is 6.04. The molecule has 184 valence electrons. The molecule has 35 heavy (non-hydrogen) atoms. The smallest absolute Gasteiger partial charge is 0.420 e. The number of amides is 5. The average Bonchev–Trinajstić information content (AvgIpc) is 3.29. The van der Waals surface area contributed by atoms with E-state index < -0.39 is 42.4 Å². The zero-order valence-electron chi connectivity index (χ0n) is 19.7. The maximum absolute atomic E-state index is 13.2. The molecule has 0 aromatic heterocycles. The number of carbonyl (C=O) groups is 4. The van der Waals surface area contributed by atoms with E-state index in [9.17, 15) is 24.3 Å². The van der Waals surface area contributed by atoms with E-state index in [1.165, 1.54) is 4.90 Å². The van der Waals surface area contributed by atoms with Gasteiger partial charge in [-0.15, -0.1) is 0 Å². The molecule has 2 unspecified atom stereocenters. The van der Waals surface area contributed by atoms with Gasteiger partial charge in [0.05, 0.1) is 6.04 Å². The van der Waals surface area contributed by atoms with Crippen LogP contribution in [0.3, 0.4) is 0 Å². The first-order chi connectivity index (χ1) is 16.8. The molecule has 4 rings (SSSR count). The maximum Gasteiger partial charge on any atom is 0.420 e. The molecular weight excluding hydrogens is 450 g/mol. The summed E-state index contributed by atoms with van der Waals surface area (Å²) in [6.45, 7) is 3.72. The summed E-state index contributed by atoms with van der Waals surface area (Å²) in [7, 11) is 0. The molecule has 2 N–H and O–H groups in total. The highest BCUT2D eigenvalue weighted by Crippen LogP contribution is 2.30. The van der Waals surface area contributed by atoms with E-state index in [2.05, 4.69) is 5.32 Å². The highest BCUT2D eigenvalue weighted by atomic mass is 16.6. The van der Waals surface area contributed by atoms with Crippen molar-refractivity contribution in [2.24, 2.45) is 5.92 Å². The van der Waals surface area contributed by atoms with Gasteiger partial charge in [0.15, 0.2) is 0 Å². The Bertz CT molecular complexity index is 1090. The summed E-state index contributed by atoms with van der Waals surface area (Å²) in [5, 5.41) is 12.5. The summed E-state index contributed by atoms with van der Waals surface area (Å²) < 4.78 is 5.53. The normalized spacial score (nSPS) is 22.9. The zero-order valence-corrected chi connectivity index (χ0v) is 19.7. The van der Waals surface area contributed by atoms with E-state index in [1.807, 2.05) is 74.5 Å². The van der Waals surface area contributed by atoms with Gasteiger partial charge in [0.25, 0.3) is 5.91 Å². The molecule has 0 bridgehead atoms. The summed E-state index contributed by atoms with van der Waals surface area (Å²) in [6, 6.07) is 16.1. The summed E-state index contributed by atoms with van der Waals surface area (Å²) >= 11 is 0. The Morgan fingerprint density at radius 3 is 2.14 bits per heavy atom. The van der Waals surface area contributed by atoms with Crippen LogP contribution in [0.2, 0.25) is 0 Å². The Kier molecular flexibility index (Phi) is 7.04. The molecule has 0 aliphatic carbocycles. The number of hydrogen-bond acceptors (Lipinski definition) is 5. The third-order valence-corrected chi connectivity index (χ3v) is 6.56. The number of carboxylic acid groups (broad SMARTS) is 1. The highest BCUT2D eigenvalue weighted by Gasteiger charge is 2.49. The van der Waals surface area contributed by atoms with Gasteiger partial charge in [-0.3, -0.25) is 9.69 Å². The summed E-state index contributed by atoms with van der Waals surface area (Å²) in [5.41, 5.74) is 1.76. The van der Waals surface area contributed by atoms with Crippen molar-refractivity contribution in [1.82, 2.24) is 15.1 Å². The van der Waals surface area contributed by atoms with Crippen LogP contribution in [0.4, 0.5) is 14.4 Å². The van der Waals surface area contributed by atoms with Crippen LogP contribution >= 0.6 is 0 Å². The van der Waals surface area contributed by atoms with Gasteiger partial charge in [0.2, 0.25) is 0 Å². The second-order valence-electron chi connectivity index (χ2n) is 9.29. The van der Waals surface area contributed by atoms with Crippen molar-refractivity contribution >= 4 is 24.1 Å². The minimum Gasteiger partial charge on any atom is -0.465 e. The molecule has 2 aromatic rings. The van der Waals surface area contributed by atoms with Crippen molar-refractivity contribution in [2.75, 3.05) is 0 Å². The lowest BCUT2D eigenvalue weighted by atomic mass is 9.92. The predicted molar refractivity (Wildman–Crippen MR) is 127 cm³/mol. The van der Waals surface area contributed by atoms with E-state index >= 15 is 0 Å². The first-order valence-electron chi connectivity index (χ1n) is 11.7. The largest absolute Gasteiger partial charge is 0.465 e. The van der Waals surface area contributed by atoms with Crippen molar-refractivity contribution in [2.45, 2.75) is 57.3 Å². The number of hydrogen-bond donors (Lipinski definition) is 2. The fraction of sp³-hybridized carbons (Fsp3) is 0.385. The number of imide groups is 2. The lowest BCUT2D eigenvalue weighted by Crippen LogP contribution is -2.47. The summed E-state index contributed by atoms with van der Waals surface area (Å²) in [5.74, 6) is -0.420. The number of nitrogens with zero attached hydrogens (tertiary/aromatic N) is 2. The third-order valence-electron chi connectivity index (χ3n) is 6.56. The minimum atomic E-state index is -1.40. The number of benzene rings is 2. The van der Waals surface area contributed by atoms with E-state index in [-0.39, 0.29) is 24.7 Å². The van der Waals surface area contributed by atoms with Gasteiger partial charge in [0, 0.05) is 12.5 Å². The molecule has 9 heteroatoms. The Morgan fingerprint density at radius 2 is 1.60 bits per heavy atom. The lowest BCUT2D eigenvalue weighted by Gasteiger charge is -2.30. The van der Waals surface area contributed by atoms with Crippen LogP contribution in [0.5, 0.6) is 0 Å². The number of carbonyl (C=O) groups excluding carboxylic acids is 3. The van der Waals surface area contributed by atoms with Crippen LogP contribution in [-0.2, 0) is 22.4 Å². The monoisotopic (exact) mass is 479 g/mol. The van der Waals surface area contributed by atoms with Gasteiger partial charge >= 0.3 is 18.2 Å². The molecule has 2 aliphatic rings. The van der Waals surface area contributed by atoms with E-state index in [0.717, 1.165) is 11.1 Å². The summed E-state index contributed by atoms with van der Waals surface area (Å²) in [6.07, 6.45) is -2.44. The first kappa shape index (κ1) is 24.3. The predicted octanol–water partition coefficient (Wildman–Crippen LogP) is 3.67. The lowest BCUT2D eigenvalue weighted by molar-refractivity contribution is -0.130. The Labute approximate surface area is 203 Å². The van der Waals surface area contributed by atoms with Crippen molar-refractivity contribution < 1.29 is 29.0 Å². The van der Waals surface area contributed by atoms with Crippen LogP contribution in [-0.4, -0.2) is 63.3 Å². The van der Waals surface area contributed by atoms with Gasteiger partial charge in [-0.05, 0) is 29.9 Å². The van der Waals surface area contributed by atoms with Crippen LogP contribution in [0.25, 0.3) is 0 Å². The van der Waals surface area contributed by atoms with Gasteiger partial charge in [-0.2, -0.15) is 0 Å². The second-order valence-corrected chi connectivity index (χ2v) is 9.29. The van der Waals surface area contributed by atoms with E-state index in [4.69, 9.17) is 4.74 Å². The molecule has 2 aromatic carbocycles. The van der Waals surface area contributed by atoms with Crippen LogP contribution < -0.4 is 5.32 Å². The molecule has 2 aliphatic heterocycles. The summed E-state index contributed by atoms with van der Waals surface area (Å²) in [4.78, 5) is 52.5. The Morgan fingerprint density at radius 1 is 1.00 bits per heavy atom.